The number of nitrogens with zero attached hydrogens (tertiary/aromatic N) is 1. The van der Waals surface area contributed by atoms with Crippen LogP contribution in [0.2, 0.25) is 0 Å². The number of hydrogen-bond acceptors (Lipinski definition) is 5. The van der Waals surface area contributed by atoms with Crippen LogP contribution in [0.4, 0.5) is 5.69 Å². The fourth-order valence-corrected chi connectivity index (χ4v) is 3.69. The van der Waals surface area contributed by atoms with Crippen LogP contribution < -0.4 is 5.32 Å². The molecule has 1 fully saturated rings. The second kappa shape index (κ2) is 6.75. The number of benzene rings is 1. The van der Waals surface area contributed by atoms with Crippen LogP contribution in [0.15, 0.2) is 29.2 Å². The molecule has 0 aliphatic heterocycles. The van der Waals surface area contributed by atoms with Gasteiger partial charge >= 0.3 is 5.97 Å². The predicted octanol–water partition coefficient (Wildman–Crippen LogP) is 2.00. The highest BCUT2D eigenvalue weighted by atomic mass is 35.5. The van der Waals surface area contributed by atoms with Crippen LogP contribution in [0, 0.1) is 5.41 Å². The van der Waals surface area contributed by atoms with Crippen molar-refractivity contribution in [1.29, 1.82) is 0 Å². The fourth-order valence-electron chi connectivity index (χ4n) is 2.05. The van der Waals surface area contributed by atoms with Crippen molar-refractivity contribution in [2.75, 3.05) is 26.0 Å². The lowest BCUT2D eigenvalue weighted by atomic mass is 10.1. The Kier molecular flexibility index (Phi) is 5.39. The summed E-state index contributed by atoms with van der Waals surface area (Å²) < 4.78 is 29.0. The Hall–Kier alpha value is -1.35. The highest BCUT2D eigenvalue weighted by Crippen LogP contribution is 2.64. The van der Waals surface area contributed by atoms with Gasteiger partial charge in [0.05, 0.1) is 4.90 Å². The molecular weight excluding hydrogens is 391 g/mol. The lowest BCUT2D eigenvalue weighted by Gasteiger charge is -2.13. The van der Waals surface area contributed by atoms with E-state index in [1.165, 1.54) is 38.4 Å². The van der Waals surface area contributed by atoms with E-state index < -0.39 is 38.3 Å². The maximum atomic E-state index is 12.1. The van der Waals surface area contributed by atoms with Crippen LogP contribution >= 0.6 is 23.2 Å². The number of halogens is 2. The average Bonchev–Trinajstić information content (AvgIpc) is 3.04. The van der Waals surface area contributed by atoms with Crippen LogP contribution in [0.5, 0.6) is 0 Å². The second-order valence-corrected chi connectivity index (χ2v) is 9.79. The van der Waals surface area contributed by atoms with Crippen LogP contribution in [-0.2, 0) is 24.3 Å². The minimum Gasteiger partial charge on any atom is -0.455 e. The summed E-state index contributed by atoms with van der Waals surface area (Å²) >= 11 is 11.8. The Morgan fingerprint density at radius 2 is 1.92 bits per heavy atom. The molecule has 1 N–H and O–H groups in total. The number of nitrogens with one attached hydrogen (secondary N) is 1. The first-order chi connectivity index (χ1) is 11.4. The minimum absolute atomic E-state index is 0.0341. The van der Waals surface area contributed by atoms with E-state index in [-0.39, 0.29) is 17.0 Å². The van der Waals surface area contributed by atoms with Crippen molar-refractivity contribution >= 4 is 50.8 Å². The largest absolute Gasteiger partial charge is 0.455 e. The van der Waals surface area contributed by atoms with E-state index in [1.807, 2.05) is 0 Å². The summed E-state index contributed by atoms with van der Waals surface area (Å²) in [6.07, 6.45) is 0.258. The van der Waals surface area contributed by atoms with E-state index in [0.717, 1.165) is 4.31 Å². The molecule has 2 rings (SSSR count). The number of carbonyl (C=O) groups is 2. The lowest BCUT2D eigenvalue weighted by molar-refractivity contribution is -0.152. The molecule has 0 saturated heterocycles. The van der Waals surface area contributed by atoms with E-state index in [4.69, 9.17) is 27.9 Å². The fraction of sp³-hybridized carbons (Fsp3) is 0.467. The van der Waals surface area contributed by atoms with Gasteiger partial charge in [-0.15, -0.1) is 23.2 Å². The summed E-state index contributed by atoms with van der Waals surface area (Å²) in [4.78, 5) is 23.8. The molecule has 0 radical (unpaired) electrons. The van der Waals surface area contributed by atoms with Gasteiger partial charge in [0.2, 0.25) is 10.0 Å². The number of rotatable bonds is 6. The van der Waals surface area contributed by atoms with Crippen LogP contribution in [-0.4, -0.2) is 49.6 Å². The summed E-state index contributed by atoms with van der Waals surface area (Å²) in [6, 6.07) is 5.76. The zero-order valence-corrected chi connectivity index (χ0v) is 16.2. The smallest absolute Gasteiger partial charge is 0.315 e. The number of ether oxygens (including phenoxy) is 1. The van der Waals surface area contributed by atoms with Gasteiger partial charge in [0, 0.05) is 26.2 Å². The first kappa shape index (κ1) is 20.0. The first-order valence-electron chi connectivity index (χ1n) is 7.28. The molecule has 1 aromatic carbocycles. The molecule has 0 spiro atoms. The topological polar surface area (TPSA) is 92.8 Å². The van der Waals surface area contributed by atoms with Crippen molar-refractivity contribution in [1.82, 2.24) is 4.31 Å². The van der Waals surface area contributed by atoms with Crippen molar-refractivity contribution in [3.8, 4) is 0 Å². The summed E-state index contributed by atoms with van der Waals surface area (Å²) in [6.45, 7) is 1.03. The number of carbonyl (C=O) groups excluding carboxylic acids is 2. The molecule has 1 aliphatic carbocycles. The summed E-state index contributed by atoms with van der Waals surface area (Å²) in [5.74, 6) is -1.26. The molecule has 0 heterocycles. The van der Waals surface area contributed by atoms with Crippen LogP contribution in [0.3, 0.4) is 0 Å². The molecule has 1 amide bonds. The zero-order valence-electron chi connectivity index (χ0n) is 13.9. The van der Waals surface area contributed by atoms with Gasteiger partial charge in [0.15, 0.2) is 6.61 Å². The Morgan fingerprint density at radius 3 is 2.44 bits per heavy atom. The monoisotopic (exact) mass is 408 g/mol. The molecule has 0 unspecified atom stereocenters. The maximum absolute atomic E-state index is 12.1. The Morgan fingerprint density at radius 1 is 1.32 bits per heavy atom. The van der Waals surface area contributed by atoms with Crippen LogP contribution in [0.25, 0.3) is 0 Å². The molecule has 1 saturated carbocycles. The molecule has 1 aliphatic rings. The number of amides is 1. The maximum Gasteiger partial charge on any atom is 0.315 e. The quantitative estimate of drug-likeness (QED) is 0.573. The average molecular weight is 409 g/mol. The predicted molar refractivity (Wildman–Crippen MR) is 94.1 cm³/mol. The molecule has 7 nitrogen and oxygen atoms in total. The van der Waals surface area contributed by atoms with Crippen LogP contribution in [0.1, 0.15) is 13.3 Å². The van der Waals surface area contributed by atoms with Gasteiger partial charge < -0.3 is 10.1 Å². The number of esters is 1. The van der Waals surface area contributed by atoms with Gasteiger partial charge in [0.1, 0.15) is 9.75 Å². The first-order valence-corrected chi connectivity index (χ1v) is 9.47. The Bertz CT molecular complexity index is 810. The molecule has 1 atom stereocenters. The van der Waals surface area contributed by atoms with Crippen molar-refractivity contribution in [3.63, 3.8) is 0 Å². The Labute approximate surface area is 156 Å². The number of alkyl halides is 2. The summed E-state index contributed by atoms with van der Waals surface area (Å²) in [5.41, 5.74) is -0.749. The standard InChI is InChI=1S/C15H18Cl2N2O5S/c1-14(9-15(14,16)17)13(21)24-8-12(20)18-10-5-4-6-11(7-10)25(22,23)19(2)3/h4-7H,8-9H2,1-3H3,(H,18,20)/t14-/m1/s1. The third-order valence-corrected chi connectivity index (χ3v) is 6.85. The second-order valence-electron chi connectivity index (χ2n) is 6.15. The molecule has 1 aromatic rings. The number of sulfonamides is 1. The van der Waals surface area contributed by atoms with Crippen molar-refractivity contribution in [2.45, 2.75) is 22.6 Å². The van der Waals surface area contributed by atoms with Gasteiger partial charge in [0.25, 0.3) is 5.91 Å². The van der Waals surface area contributed by atoms with Gasteiger partial charge in [-0.25, -0.2) is 12.7 Å². The molecule has 25 heavy (non-hydrogen) atoms. The zero-order chi connectivity index (χ0) is 19.0. The highest BCUT2D eigenvalue weighted by molar-refractivity contribution is 7.89. The summed E-state index contributed by atoms with van der Waals surface area (Å²) in [5, 5.41) is 2.48. The molecule has 10 heteroatoms. The van der Waals surface area contributed by atoms with E-state index in [2.05, 4.69) is 5.32 Å². The highest BCUT2D eigenvalue weighted by Gasteiger charge is 2.69. The van der Waals surface area contributed by atoms with Crippen molar-refractivity contribution in [3.05, 3.63) is 24.3 Å². The molecule has 0 bridgehead atoms. The minimum atomic E-state index is -3.62. The van der Waals surface area contributed by atoms with Gasteiger partial charge in [-0.2, -0.15) is 0 Å². The lowest BCUT2D eigenvalue weighted by Crippen LogP contribution is -2.27. The molecular formula is C15H18Cl2N2O5S. The molecule has 138 valence electrons. The Balaban J connectivity index is 1.97. The van der Waals surface area contributed by atoms with Crippen molar-refractivity contribution < 1.29 is 22.7 Å². The van der Waals surface area contributed by atoms with E-state index in [1.54, 1.807) is 6.92 Å². The SMILES string of the molecule is CN(C)S(=O)(=O)c1cccc(NC(=O)COC(=O)[C@@]2(C)CC2(Cl)Cl)c1. The van der Waals surface area contributed by atoms with E-state index >= 15 is 0 Å². The third-order valence-electron chi connectivity index (χ3n) is 3.94. The molecule has 0 aromatic heterocycles. The van der Waals surface area contributed by atoms with Gasteiger partial charge in [-0.05, 0) is 25.1 Å². The van der Waals surface area contributed by atoms with E-state index in [0.29, 0.717) is 0 Å². The summed E-state index contributed by atoms with van der Waals surface area (Å²) in [7, 11) is -0.800. The number of anilines is 1. The normalized spacial score (nSPS) is 21.7. The van der Waals surface area contributed by atoms with Gasteiger partial charge in [-0.1, -0.05) is 6.07 Å². The van der Waals surface area contributed by atoms with E-state index in [9.17, 15) is 18.0 Å². The third kappa shape index (κ3) is 4.08. The number of hydrogen-bond donors (Lipinski definition) is 1. The van der Waals surface area contributed by atoms with Gasteiger partial charge in [-0.3, -0.25) is 9.59 Å². The van der Waals surface area contributed by atoms with Crippen molar-refractivity contribution in [2.24, 2.45) is 5.41 Å².